The van der Waals surface area contributed by atoms with E-state index < -0.39 is 0 Å². The number of hydrogen-bond donors (Lipinski definition) is 4. The Morgan fingerprint density at radius 2 is 1.59 bits per heavy atom. The quantitative estimate of drug-likeness (QED) is 0.414. The molecule has 1 aromatic rings. The van der Waals surface area contributed by atoms with Gasteiger partial charge in [0.2, 0.25) is 0 Å². The van der Waals surface area contributed by atoms with E-state index in [1.807, 2.05) is 0 Å². The Labute approximate surface area is 169 Å². The number of benzene rings is 1. The van der Waals surface area contributed by atoms with Crippen molar-refractivity contribution >= 4 is 17.5 Å². The van der Waals surface area contributed by atoms with Crippen LogP contribution >= 0.6 is 11.8 Å². The van der Waals surface area contributed by atoms with Crippen LogP contribution in [0.4, 0.5) is 0 Å². The Hall–Kier alpha value is -1.47. The summed E-state index contributed by atoms with van der Waals surface area (Å²) in [6.07, 6.45) is 0. The highest BCUT2D eigenvalue weighted by Gasteiger charge is 2.12. The van der Waals surface area contributed by atoms with Crippen LogP contribution in [0.3, 0.4) is 0 Å². The Balaban J connectivity index is 2.41. The predicted octanol–water partition coefficient (Wildman–Crippen LogP) is 2.56. The zero-order valence-electron chi connectivity index (χ0n) is 17.2. The number of rotatable bonds is 13. The molecule has 5 nitrogen and oxygen atoms in total. The third-order valence-electron chi connectivity index (χ3n) is 3.88. The van der Waals surface area contributed by atoms with Crippen molar-refractivity contribution < 1.29 is 0 Å². The molecule has 0 fully saturated rings. The Bertz CT molecular complexity index is 571. The van der Waals surface area contributed by atoms with E-state index in [2.05, 4.69) is 73.7 Å². The van der Waals surface area contributed by atoms with Crippen molar-refractivity contribution in [3.05, 3.63) is 53.6 Å². The second kappa shape index (κ2) is 12.1. The third kappa shape index (κ3) is 10.4. The van der Waals surface area contributed by atoms with E-state index in [1.54, 1.807) is 11.8 Å². The molecule has 6 heteroatoms. The monoisotopic (exact) mass is 391 g/mol. The van der Waals surface area contributed by atoms with Crippen LogP contribution in [0.2, 0.25) is 0 Å². The highest BCUT2D eigenvalue weighted by Crippen LogP contribution is 2.28. The van der Waals surface area contributed by atoms with Crippen molar-refractivity contribution in [2.45, 2.75) is 32.1 Å². The van der Waals surface area contributed by atoms with Gasteiger partial charge in [-0.3, -0.25) is 4.90 Å². The second-order valence-electron chi connectivity index (χ2n) is 7.51. The van der Waals surface area contributed by atoms with Crippen molar-refractivity contribution in [1.82, 2.24) is 15.5 Å². The van der Waals surface area contributed by atoms with Crippen LogP contribution in [-0.2, 0) is 6.54 Å². The van der Waals surface area contributed by atoms with Crippen LogP contribution in [0, 0.1) is 0 Å². The number of thioether (sulfide) groups is 1. The molecule has 0 aliphatic heterocycles. The van der Waals surface area contributed by atoms with E-state index in [-0.39, 0.29) is 4.75 Å². The van der Waals surface area contributed by atoms with E-state index in [0.29, 0.717) is 13.1 Å². The lowest BCUT2D eigenvalue weighted by Gasteiger charge is -2.21. The highest BCUT2D eigenvalue weighted by atomic mass is 32.2. The van der Waals surface area contributed by atoms with Gasteiger partial charge in [0.15, 0.2) is 0 Å². The minimum Gasteiger partial charge on any atom is -0.384 e. The average Bonchev–Trinajstić information content (AvgIpc) is 2.59. The molecule has 0 unspecified atom stereocenters. The van der Waals surface area contributed by atoms with Crippen LogP contribution in [0.1, 0.15) is 31.9 Å². The number of hydrogen-bond acceptors (Lipinski definition) is 6. The molecule has 0 heterocycles. The van der Waals surface area contributed by atoms with Gasteiger partial charge in [-0.1, -0.05) is 58.2 Å². The van der Waals surface area contributed by atoms with E-state index >= 15 is 0 Å². The molecule has 1 aromatic carbocycles. The molecular weight excluding hydrogens is 354 g/mol. The highest BCUT2D eigenvalue weighted by molar-refractivity contribution is 8.04. The van der Waals surface area contributed by atoms with Crippen molar-refractivity contribution in [2.75, 3.05) is 39.3 Å². The Morgan fingerprint density at radius 3 is 2.11 bits per heavy atom. The average molecular weight is 392 g/mol. The fourth-order valence-corrected chi connectivity index (χ4v) is 3.48. The van der Waals surface area contributed by atoms with Crippen LogP contribution in [0.25, 0.3) is 5.70 Å². The van der Waals surface area contributed by atoms with Crippen molar-refractivity contribution in [3.8, 4) is 0 Å². The lowest BCUT2D eigenvalue weighted by atomic mass is 10.1. The summed E-state index contributed by atoms with van der Waals surface area (Å²) in [4.78, 5) is 2.26. The van der Waals surface area contributed by atoms with E-state index in [9.17, 15) is 0 Å². The minimum absolute atomic E-state index is 0.168. The zero-order valence-corrected chi connectivity index (χ0v) is 18.0. The second-order valence-corrected chi connectivity index (χ2v) is 9.43. The van der Waals surface area contributed by atoms with Gasteiger partial charge in [0.1, 0.15) is 0 Å². The molecule has 27 heavy (non-hydrogen) atoms. The molecular formula is C21H37N5S. The maximum absolute atomic E-state index is 5.64. The fraction of sp³-hybridized carbons (Fsp3) is 0.524. The third-order valence-corrected chi connectivity index (χ3v) is 4.88. The summed E-state index contributed by atoms with van der Waals surface area (Å²) in [7, 11) is 0. The fourth-order valence-electron chi connectivity index (χ4n) is 2.60. The Morgan fingerprint density at radius 1 is 1.00 bits per heavy atom. The van der Waals surface area contributed by atoms with Gasteiger partial charge in [-0.05, 0) is 11.1 Å². The molecule has 0 aromatic heterocycles. The SMILES string of the molecule is C=C(NCc1ccc(C(=C)NCCN(CCN)CCN)cc1)SC(C)(C)C. The molecule has 152 valence electrons. The van der Waals surface area contributed by atoms with Crippen molar-refractivity contribution in [1.29, 1.82) is 0 Å². The number of nitrogens with zero attached hydrogens (tertiary/aromatic N) is 1. The number of nitrogens with one attached hydrogen (secondary N) is 2. The predicted molar refractivity (Wildman–Crippen MR) is 121 cm³/mol. The van der Waals surface area contributed by atoms with Crippen LogP contribution < -0.4 is 22.1 Å². The van der Waals surface area contributed by atoms with Crippen molar-refractivity contribution in [3.63, 3.8) is 0 Å². The first-order valence-electron chi connectivity index (χ1n) is 9.51. The summed E-state index contributed by atoms with van der Waals surface area (Å²) in [6.45, 7) is 20.3. The summed E-state index contributed by atoms with van der Waals surface area (Å²) < 4.78 is 0.168. The molecule has 0 atom stereocenters. The first-order valence-corrected chi connectivity index (χ1v) is 10.3. The standard InChI is InChI=1S/C21H37N5S/c1-17(24-12-15-26(13-10-22)14-11-23)20-8-6-19(7-9-20)16-25-18(2)27-21(3,4)5/h6-9,24-25H,1-2,10-16,22-23H2,3-5H3. The molecule has 0 spiro atoms. The van der Waals surface area contributed by atoms with Gasteiger partial charge in [-0.2, -0.15) is 0 Å². The van der Waals surface area contributed by atoms with Gasteiger partial charge in [-0.15, -0.1) is 11.8 Å². The van der Waals surface area contributed by atoms with Crippen LogP contribution in [-0.4, -0.2) is 48.9 Å². The summed E-state index contributed by atoms with van der Waals surface area (Å²) in [6, 6.07) is 8.45. The first kappa shape index (κ1) is 23.6. The molecule has 0 bridgehead atoms. The van der Waals surface area contributed by atoms with E-state index in [4.69, 9.17) is 11.5 Å². The Kier molecular flexibility index (Phi) is 10.5. The largest absolute Gasteiger partial charge is 0.384 e. The van der Waals surface area contributed by atoms with E-state index in [1.165, 1.54) is 5.56 Å². The normalized spacial score (nSPS) is 11.5. The molecule has 0 saturated heterocycles. The summed E-state index contributed by atoms with van der Waals surface area (Å²) >= 11 is 1.75. The molecule has 0 amide bonds. The van der Waals surface area contributed by atoms with Crippen LogP contribution in [0.15, 0.2) is 42.5 Å². The maximum Gasteiger partial charge on any atom is 0.0615 e. The molecule has 1 rings (SSSR count). The van der Waals surface area contributed by atoms with Gasteiger partial charge in [0, 0.05) is 56.3 Å². The first-order chi connectivity index (χ1) is 12.7. The topological polar surface area (TPSA) is 79.3 Å². The molecule has 0 saturated carbocycles. The van der Waals surface area contributed by atoms with Gasteiger partial charge in [0.25, 0.3) is 0 Å². The molecule has 0 aliphatic carbocycles. The minimum atomic E-state index is 0.168. The molecule has 6 N–H and O–H groups in total. The van der Waals surface area contributed by atoms with Crippen LogP contribution in [0.5, 0.6) is 0 Å². The van der Waals surface area contributed by atoms with E-state index in [0.717, 1.165) is 49.0 Å². The summed E-state index contributed by atoms with van der Waals surface area (Å²) in [5.74, 6) is 0. The zero-order chi connectivity index (χ0) is 20.3. The smallest absolute Gasteiger partial charge is 0.0615 e. The van der Waals surface area contributed by atoms with Gasteiger partial charge < -0.3 is 22.1 Å². The lowest BCUT2D eigenvalue weighted by Crippen LogP contribution is -2.38. The molecule has 0 radical (unpaired) electrons. The number of nitrogens with two attached hydrogens (primary N) is 2. The van der Waals surface area contributed by atoms with Gasteiger partial charge in [-0.25, -0.2) is 0 Å². The summed E-state index contributed by atoms with van der Waals surface area (Å²) in [5.41, 5.74) is 14.5. The maximum atomic E-state index is 5.64. The van der Waals surface area contributed by atoms with Crippen molar-refractivity contribution in [2.24, 2.45) is 11.5 Å². The van der Waals surface area contributed by atoms with Gasteiger partial charge >= 0.3 is 0 Å². The summed E-state index contributed by atoms with van der Waals surface area (Å²) in [5, 5.41) is 7.77. The van der Waals surface area contributed by atoms with Gasteiger partial charge in [0.05, 0.1) is 5.03 Å². The lowest BCUT2D eigenvalue weighted by molar-refractivity contribution is 0.292. The molecule has 0 aliphatic rings.